The van der Waals surface area contributed by atoms with Crippen LogP contribution in [0.1, 0.15) is 11.3 Å². The highest BCUT2D eigenvalue weighted by atomic mass is 79.9. The minimum Gasteiger partial charge on any atom is -0.617 e. The predicted molar refractivity (Wildman–Crippen MR) is 162 cm³/mol. The van der Waals surface area contributed by atoms with Gasteiger partial charge in [0.05, 0.1) is 23.3 Å². The van der Waals surface area contributed by atoms with Crippen LogP contribution in [0.4, 0.5) is 17.3 Å². The second-order valence-corrected chi connectivity index (χ2v) is 10.2. The van der Waals surface area contributed by atoms with Crippen LogP contribution in [0.5, 0.6) is 11.6 Å². The minimum atomic E-state index is -0.464. The van der Waals surface area contributed by atoms with E-state index in [1.807, 2.05) is 10.6 Å². The maximum absolute atomic E-state index is 13.2. The lowest BCUT2D eigenvalue weighted by Crippen LogP contribution is -2.43. The van der Waals surface area contributed by atoms with Crippen molar-refractivity contribution in [3.8, 4) is 29.0 Å². The minimum absolute atomic E-state index is 0.0268. The van der Waals surface area contributed by atoms with Crippen molar-refractivity contribution in [3.63, 3.8) is 0 Å². The van der Waals surface area contributed by atoms with Crippen LogP contribution in [0.25, 0.3) is 33.5 Å². The molecule has 14 nitrogen and oxygen atoms in total. The van der Waals surface area contributed by atoms with Crippen LogP contribution >= 0.6 is 15.9 Å². The van der Waals surface area contributed by atoms with Gasteiger partial charge < -0.3 is 30.6 Å². The number of nitrogen functional groups attached to an aromatic ring is 1. The highest BCUT2D eigenvalue weighted by Crippen LogP contribution is 2.33. The highest BCUT2D eigenvalue weighted by Gasteiger charge is 2.31. The quantitative estimate of drug-likeness (QED) is 0.103. The van der Waals surface area contributed by atoms with Gasteiger partial charge >= 0.3 is 11.4 Å². The lowest BCUT2D eigenvalue weighted by atomic mass is 10.1. The summed E-state index contributed by atoms with van der Waals surface area (Å²) in [6, 6.07) is 19.2. The number of hydrogen-bond acceptors (Lipinski definition) is 11. The maximum atomic E-state index is 13.2. The number of phenolic OH excluding ortho intramolecular Hbond substituents is 1. The number of rotatable bonds is 8. The third kappa shape index (κ3) is 5.25. The van der Waals surface area contributed by atoms with Crippen molar-refractivity contribution in [2.75, 3.05) is 11.1 Å². The Hall–Kier alpha value is -5.88. The van der Waals surface area contributed by atoms with Gasteiger partial charge in [-0.3, -0.25) is 0 Å². The molecule has 0 amide bonds. The summed E-state index contributed by atoms with van der Waals surface area (Å²) in [5, 5.41) is 55.7. The maximum Gasteiger partial charge on any atom is 0.369 e. The monoisotopic (exact) mass is 652 g/mol. The molecule has 0 unspecified atom stereocenters. The Morgan fingerprint density at radius 1 is 1.00 bits per heavy atom. The number of phenols is 1. The third-order valence-electron chi connectivity index (χ3n) is 6.63. The number of alkyl halides is 1. The predicted octanol–water partition coefficient (Wildman–Crippen LogP) is 4.46. The van der Waals surface area contributed by atoms with E-state index in [2.05, 4.69) is 41.1 Å². The molecule has 0 spiro atoms. The van der Waals surface area contributed by atoms with Gasteiger partial charge in [0.1, 0.15) is 12.4 Å². The number of fused-ring (bicyclic) bond motifs is 2. The van der Waals surface area contributed by atoms with E-state index < -0.39 is 5.69 Å². The Labute approximate surface area is 257 Å². The molecule has 0 radical (unpaired) electrons. The van der Waals surface area contributed by atoms with E-state index in [9.17, 15) is 20.8 Å². The molecule has 0 aliphatic heterocycles. The molecule has 3 heterocycles. The summed E-state index contributed by atoms with van der Waals surface area (Å²) in [4.78, 5) is 12.8. The number of aromatic hydroxyl groups is 1. The van der Waals surface area contributed by atoms with Gasteiger partial charge in [0.2, 0.25) is 11.8 Å². The first kappa shape index (κ1) is 28.2. The smallest absolute Gasteiger partial charge is 0.369 e. The first-order valence-corrected chi connectivity index (χ1v) is 14.2. The summed E-state index contributed by atoms with van der Waals surface area (Å²) in [5.41, 5.74) is 7.75. The van der Waals surface area contributed by atoms with Crippen LogP contribution < -0.4 is 19.9 Å². The van der Waals surface area contributed by atoms with Crippen LogP contribution in [-0.2, 0) is 13.2 Å². The molecular formula is C29H21BrN10O4. The van der Waals surface area contributed by atoms with Crippen molar-refractivity contribution >= 4 is 55.5 Å². The molecular weight excluding hydrogens is 632 g/mol. The van der Waals surface area contributed by atoms with Gasteiger partial charge in [0, 0.05) is 24.0 Å². The van der Waals surface area contributed by atoms with Crippen molar-refractivity contribution in [2.45, 2.75) is 13.2 Å². The summed E-state index contributed by atoms with van der Waals surface area (Å²) in [7, 11) is 0. The Kier molecular flexibility index (Phi) is 7.56. The zero-order chi connectivity index (χ0) is 30.8. The van der Waals surface area contributed by atoms with E-state index in [4.69, 9.17) is 10.5 Å². The number of nitrogens with zero attached hydrogens (tertiary/aromatic N) is 9. The number of nitriles is 1. The summed E-state index contributed by atoms with van der Waals surface area (Å²) in [6.07, 6.45) is 1.65. The van der Waals surface area contributed by atoms with Crippen molar-refractivity contribution < 1.29 is 19.3 Å². The molecule has 0 aliphatic carbocycles. The van der Waals surface area contributed by atoms with E-state index in [0.717, 1.165) is 5.56 Å². The Morgan fingerprint density at radius 3 is 2.50 bits per heavy atom. The van der Waals surface area contributed by atoms with Gasteiger partial charge in [-0.2, -0.15) is 30.2 Å². The lowest BCUT2D eigenvalue weighted by molar-refractivity contribution is -0.622. The van der Waals surface area contributed by atoms with Crippen LogP contribution in [0.15, 0.2) is 83.3 Å². The number of ether oxygens (including phenoxy) is 1. The van der Waals surface area contributed by atoms with E-state index in [1.54, 1.807) is 42.7 Å². The zero-order valence-electron chi connectivity index (χ0n) is 22.7. The van der Waals surface area contributed by atoms with Gasteiger partial charge in [0.15, 0.2) is 17.2 Å². The second-order valence-electron chi connectivity index (χ2n) is 9.43. The number of halogens is 1. The molecule has 218 valence electrons. The topological polar surface area (TPSA) is 201 Å². The summed E-state index contributed by atoms with van der Waals surface area (Å²) >= 11 is 3.41. The van der Waals surface area contributed by atoms with Gasteiger partial charge in [-0.15, -0.1) is 4.73 Å². The molecule has 3 N–H and O–H groups in total. The van der Waals surface area contributed by atoms with E-state index in [0.29, 0.717) is 38.2 Å². The first-order valence-electron chi connectivity index (χ1n) is 13.1. The van der Waals surface area contributed by atoms with Gasteiger partial charge in [0.25, 0.3) is 11.0 Å². The van der Waals surface area contributed by atoms with Crippen LogP contribution in [-0.4, -0.2) is 30.0 Å². The van der Waals surface area contributed by atoms with Gasteiger partial charge in [-0.25, -0.2) is 4.98 Å². The number of nitrogens with two attached hydrogens (primary N) is 1. The molecule has 0 saturated carbocycles. The number of anilines is 1. The van der Waals surface area contributed by atoms with E-state index in [-0.39, 0.29) is 52.2 Å². The van der Waals surface area contributed by atoms with E-state index in [1.165, 1.54) is 30.3 Å². The molecule has 6 rings (SSSR count). The largest absolute Gasteiger partial charge is 0.617 e. The fourth-order valence-corrected chi connectivity index (χ4v) is 5.00. The number of aryl methyl sites for hydroxylation is 1. The molecule has 3 aromatic carbocycles. The van der Waals surface area contributed by atoms with E-state index >= 15 is 0 Å². The molecule has 0 aliphatic rings. The normalized spacial score (nSPS) is 11.4. The van der Waals surface area contributed by atoms with Crippen molar-refractivity contribution in [1.82, 2.24) is 19.5 Å². The van der Waals surface area contributed by atoms with Gasteiger partial charge in [-0.1, -0.05) is 40.2 Å². The fourth-order valence-electron chi connectivity index (χ4n) is 4.62. The van der Waals surface area contributed by atoms with Crippen LogP contribution in [0.2, 0.25) is 0 Å². The second kappa shape index (κ2) is 11.8. The van der Waals surface area contributed by atoms with Gasteiger partial charge in [-0.05, 0) is 35.9 Å². The highest BCUT2D eigenvalue weighted by molar-refractivity contribution is 9.09. The number of azo groups is 1. The first-order chi connectivity index (χ1) is 21.4. The average Bonchev–Trinajstić information content (AvgIpc) is 3.44. The number of benzene rings is 3. The number of hydrogen-bond donors (Lipinski definition) is 2. The Morgan fingerprint density at radius 2 is 1.75 bits per heavy atom. The number of imidazole rings is 1. The standard InChI is InChI=1S/C29H21BrN10O4/c30-10-11-38-16-33-25-27(38)34-29(32)35-28(25)44-15-17-4-3-5-18(12-17)36-37-19-8-9-24(41)20(13-19)26-23(14-31)39(42)21-6-1-2-7-22(21)40(26)43/h1-9,12-13,16,41H,10-11,15H2,(H2,32,34,35)/b37-36+. The SMILES string of the molecule is N#Cc1c(-c2cc(/N=N/c3cccc(COc4nc(N)nc5c4ncn5CCBr)c3)ccc2O)[n+]([O-])c2ccccc2[n+]1[O-]. The molecule has 3 aromatic heterocycles. The molecule has 0 fully saturated rings. The fraction of sp³-hybridized carbons (Fsp3) is 0.103. The third-order valence-corrected chi connectivity index (χ3v) is 6.99. The lowest BCUT2D eigenvalue weighted by Gasteiger charge is -2.11. The molecule has 0 bridgehead atoms. The van der Waals surface area contributed by atoms with Crippen molar-refractivity contribution in [3.05, 3.63) is 94.7 Å². The van der Waals surface area contributed by atoms with Crippen LogP contribution in [0, 0.1) is 21.7 Å². The van der Waals surface area contributed by atoms with Crippen molar-refractivity contribution in [1.29, 1.82) is 5.26 Å². The number of para-hydroxylation sites is 2. The molecule has 15 heteroatoms. The average molecular weight is 653 g/mol. The molecule has 0 saturated heterocycles. The summed E-state index contributed by atoms with van der Waals surface area (Å²) in [5.74, 6) is 0.0127. The molecule has 6 aromatic rings. The zero-order valence-corrected chi connectivity index (χ0v) is 24.3. The summed E-state index contributed by atoms with van der Waals surface area (Å²) in [6.45, 7) is 0.792. The number of aromatic nitrogens is 6. The molecule has 0 atom stereocenters. The molecule has 44 heavy (non-hydrogen) atoms. The van der Waals surface area contributed by atoms with Crippen molar-refractivity contribution in [2.24, 2.45) is 10.2 Å². The van der Waals surface area contributed by atoms with Crippen LogP contribution in [0.3, 0.4) is 0 Å². The Bertz CT molecular complexity index is 2130. The summed E-state index contributed by atoms with van der Waals surface area (Å²) < 4.78 is 8.61. The Balaban J connectivity index is 1.27.